The molecule has 1 aromatic rings. The van der Waals surface area contributed by atoms with E-state index >= 15 is 0 Å². The van der Waals surface area contributed by atoms with E-state index in [1.165, 1.54) is 31.2 Å². The zero-order valence-corrected chi connectivity index (χ0v) is 12.0. The van der Waals surface area contributed by atoms with Crippen LogP contribution in [0.15, 0.2) is 24.3 Å². The molecule has 0 heterocycles. The minimum absolute atomic E-state index is 0.294. The molecule has 1 aliphatic rings. The topological polar surface area (TPSA) is 58.6 Å². The molecule has 2 N–H and O–H groups in total. The summed E-state index contributed by atoms with van der Waals surface area (Å²) in [4.78, 5) is 10.4. The van der Waals surface area contributed by atoms with Crippen molar-refractivity contribution in [2.45, 2.75) is 45.2 Å². The first-order valence-corrected chi connectivity index (χ1v) is 7.30. The average molecular weight is 277 g/mol. The van der Waals surface area contributed by atoms with Gasteiger partial charge in [0.15, 0.2) is 6.61 Å². The van der Waals surface area contributed by atoms with Gasteiger partial charge in [-0.25, -0.2) is 4.79 Å². The number of hydrogen-bond acceptors (Lipinski definition) is 3. The molecule has 2 unspecified atom stereocenters. The third-order valence-electron chi connectivity index (χ3n) is 3.82. The van der Waals surface area contributed by atoms with Crippen LogP contribution < -0.4 is 10.1 Å². The highest BCUT2D eigenvalue weighted by molar-refractivity contribution is 5.68. The van der Waals surface area contributed by atoms with Crippen LogP contribution in [-0.2, 0) is 11.3 Å². The molecular weight excluding hydrogens is 254 g/mol. The van der Waals surface area contributed by atoms with Gasteiger partial charge in [0.1, 0.15) is 5.75 Å². The zero-order valence-electron chi connectivity index (χ0n) is 12.0. The van der Waals surface area contributed by atoms with Gasteiger partial charge in [0.25, 0.3) is 0 Å². The van der Waals surface area contributed by atoms with Gasteiger partial charge >= 0.3 is 5.97 Å². The summed E-state index contributed by atoms with van der Waals surface area (Å²) in [7, 11) is 0. The van der Waals surface area contributed by atoms with E-state index in [0.717, 1.165) is 12.5 Å². The number of nitrogens with one attached hydrogen (secondary N) is 1. The van der Waals surface area contributed by atoms with Crippen LogP contribution in [0.3, 0.4) is 0 Å². The highest BCUT2D eigenvalue weighted by Gasteiger charge is 2.17. The summed E-state index contributed by atoms with van der Waals surface area (Å²) in [6, 6.07) is 8.24. The predicted octanol–water partition coefficient (Wildman–Crippen LogP) is 2.82. The third kappa shape index (κ3) is 4.85. The van der Waals surface area contributed by atoms with Crippen LogP contribution in [0.4, 0.5) is 0 Å². The molecule has 4 nitrogen and oxygen atoms in total. The molecule has 0 amide bonds. The second-order valence-corrected chi connectivity index (χ2v) is 5.68. The van der Waals surface area contributed by atoms with Gasteiger partial charge in [-0.1, -0.05) is 31.9 Å². The van der Waals surface area contributed by atoms with Gasteiger partial charge in [-0.15, -0.1) is 0 Å². The SMILES string of the molecule is CC1CCCC(NCc2ccc(OCC(=O)O)cc2)C1. The van der Waals surface area contributed by atoms with Gasteiger partial charge in [-0.2, -0.15) is 0 Å². The van der Waals surface area contributed by atoms with Crippen molar-refractivity contribution in [1.82, 2.24) is 5.32 Å². The van der Waals surface area contributed by atoms with Crippen molar-refractivity contribution in [3.63, 3.8) is 0 Å². The van der Waals surface area contributed by atoms with Gasteiger partial charge in [0.2, 0.25) is 0 Å². The van der Waals surface area contributed by atoms with Crippen molar-refractivity contribution in [3.05, 3.63) is 29.8 Å². The van der Waals surface area contributed by atoms with Crippen molar-refractivity contribution in [3.8, 4) is 5.75 Å². The molecule has 1 fully saturated rings. The molecular formula is C16H23NO3. The van der Waals surface area contributed by atoms with Crippen LogP contribution in [0.2, 0.25) is 0 Å². The van der Waals surface area contributed by atoms with E-state index in [1.54, 1.807) is 0 Å². The number of hydrogen-bond donors (Lipinski definition) is 2. The molecule has 0 saturated heterocycles. The predicted molar refractivity (Wildman–Crippen MR) is 77.8 cm³/mol. The van der Waals surface area contributed by atoms with E-state index < -0.39 is 5.97 Å². The normalized spacial score (nSPS) is 22.4. The van der Waals surface area contributed by atoms with Crippen molar-refractivity contribution in [1.29, 1.82) is 0 Å². The number of carboxylic acids is 1. The molecule has 0 radical (unpaired) electrons. The van der Waals surface area contributed by atoms with E-state index in [2.05, 4.69) is 12.2 Å². The quantitative estimate of drug-likeness (QED) is 0.839. The first-order valence-electron chi connectivity index (χ1n) is 7.30. The lowest BCUT2D eigenvalue weighted by atomic mass is 9.87. The fourth-order valence-corrected chi connectivity index (χ4v) is 2.73. The maximum Gasteiger partial charge on any atom is 0.341 e. The minimum Gasteiger partial charge on any atom is -0.482 e. The largest absolute Gasteiger partial charge is 0.482 e. The molecule has 0 bridgehead atoms. The number of carbonyl (C=O) groups is 1. The first-order chi connectivity index (χ1) is 9.63. The lowest BCUT2D eigenvalue weighted by Crippen LogP contribution is -2.33. The Morgan fingerprint density at radius 3 is 2.75 bits per heavy atom. The van der Waals surface area contributed by atoms with Crippen LogP contribution in [-0.4, -0.2) is 23.7 Å². The molecule has 4 heteroatoms. The number of benzene rings is 1. The Bertz CT molecular complexity index is 430. The van der Waals surface area contributed by atoms with E-state index in [1.807, 2.05) is 24.3 Å². The molecule has 1 aromatic carbocycles. The van der Waals surface area contributed by atoms with Crippen molar-refractivity contribution in [2.75, 3.05) is 6.61 Å². The summed E-state index contributed by atoms with van der Waals surface area (Å²) in [6.45, 7) is 2.89. The maximum atomic E-state index is 10.4. The van der Waals surface area contributed by atoms with E-state index in [9.17, 15) is 4.79 Å². The Morgan fingerprint density at radius 1 is 1.35 bits per heavy atom. The lowest BCUT2D eigenvalue weighted by molar-refractivity contribution is -0.139. The molecule has 20 heavy (non-hydrogen) atoms. The van der Waals surface area contributed by atoms with Crippen LogP contribution in [0, 0.1) is 5.92 Å². The molecule has 1 saturated carbocycles. The minimum atomic E-state index is -0.956. The number of rotatable bonds is 6. The second kappa shape index (κ2) is 7.29. The summed E-state index contributed by atoms with van der Waals surface area (Å²) in [5.41, 5.74) is 1.20. The summed E-state index contributed by atoms with van der Waals surface area (Å²) in [5.74, 6) is 0.470. The van der Waals surface area contributed by atoms with Crippen LogP contribution >= 0.6 is 0 Å². The monoisotopic (exact) mass is 277 g/mol. The van der Waals surface area contributed by atoms with E-state index in [0.29, 0.717) is 11.8 Å². The molecule has 0 spiro atoms. The van der Waals surface area contributed by atoms with Gasteiger partial charge in [0.05, 0.1) is 0 Å². The molecule has 0 aliphatic heterocycles. The fourth-order valence-electron chi connectivity index (χ4n) is 2.73. The third-order valence-corrected chi connectivity index (χ3v) is 3.82. The summed E-state index contributed by atoms with van der Waals surface area (Å²) >= 11 is 0. The van der Waals surface area contributed by atoms with E-state index in [4.69, 9.17) is 9.84 Å². The Hall–Kier alpha value is -1.55. The second-order valence-electron chi connectivity index (χ2n) is 5.68. The highest BCUT2D eigenvalue weighted by atomic mass is 16.5. The molecule has 2 rings (SSSR count). The number of carboxylic acid groups (broad SMARTS) is 1. The average Bonchev–Trinajstić information content (AvgIpc) is 2.44. The van der Waals surface area contributed by atoms with Crippen LogP contribution in [0.25, 0.3) is 0 Å². The van der Waals surface area contributed by atoms with Crippen molar-refractivity contribution >= 4 is 5.97 Å². The Balaban J connectivity index is 1.77. The molecule has 2 atom stereocenters. The van der Waals surface area contributed by atoms with Gasteiger partial charge in [-0.3, -0.25) is 0 Å². The molecule has 0 aromatic heterocycles. The van der Waals surface area contributed by atoms with E-state index in [-0.39, 0.29) is 6.61 Å². The lowest BCUT2D eigenvalue weighted by Gasteiger charge is -2.27. The van der Waals surface area contributed by atoms with Gasteiger partial charge in [0, 0.05) is 12.6 Å². The van der Waals surface area contributed by atoms with Crippen molar-refractivity contribution < 1.29 is 14.6 Å². The van der Waals surface area contributed by atoms with Gasteiger partial charge < -0.3 is 15.2 Å². The zero-order chi connectivity index (χ0) is 14.4. The van der Waals surface area contributed by atoms with Crippen molar-refractivity contribution in [2.24, 2.45) is 5.92 Å². The molecule has 1 aliphatic carbocycles. The number of aliphatic carboxylic acids is 1. The molecule has 110 valence electrons. The Kier molecular flexibility index (Phi) is 5.41. The highest BCUT2D eigenvalue weighted by Crippen LogP contribution is 2.23. The Morgan fingerprint density at radius 2 is 2.10 bits per heavy atom. The maximum absolute atomic E-state index is 10.4. The smallest absolute Gasteiger partial charge is 0.341 e. The summed E-state index contributed by atoms with van der Waals surface area (Å²) < 4.78 is 5.11. The fraction of sp³-hybridized carbons (Fsp3) is 0.562. The Labute approximate surface area is 120 Å². The number of ether oxygens (including phenoxy) is 1. The summed E-state index contributed by atoms with van der Waals surface area (Å²) in [5, 5.41) is 12.1. The first kappa shape index (κ1) is 14.9. The van der Waals surface area contributed by atoms with Gasteiger partial charge in [-0.05, 0) is 36.5 Å². The van der Waals surface area contributed by atoms with Crippen LogP contribution in [0.5, 0.6) is 5.75 Å². The standard InChI is InChI=1S/C16H23NO3/c1-12-3-2-4-14(9-12)17-10-13-5-7-15(8-6-13)20-11-16(18)19/h5-8,12,14,17H,2-4,9-11H2,1H3,(H,18,19). The summed E-state index contributed by atoms with van der Waals surface area (Å²) in [6.07, 6.45) is 5.21. The van der Waals surface area contributed by atoms with Crippen LogP contribution in [0.1, 0.15) is 38.2 Å².